The zero-order valence-electron chi connectivity index (χ0n) is 15.3. The minimum Gasteiger partial charge on any atom is -0.480 e. The molecule has 27 heavy (non-hydrogen) atoms. The molecule has 1 amide bonds. The van der Waals surface area contributed by atoms with Crippen LogP contribution >= 0.6 is 0 Å². The molecule has 10 heteroatoms. The summed E-state index contributed by atoms with van der Waals surface area (Å²) in [5, 5.41) is 22.8. The van der Waals surface area contributed by atoms with Gasteiger partial charge in [-0.15, -0.1) is 0 Å². The van der Waals surface area contributed by atoms with E-state index in [-0.39, 0.29) is 30.8 Å². The number of carboxylic acid groups (broad SMARTS) is 1. The molecule has 2 rings (SSSR count). The number of rotatable bonds is 8. The van der Waals surface area contributed by atoms with Crippen LogP contribution in [0.1, 0.15) is 38.7 Å². The second-order valence-electron chi connectivity index (χ2n) is 6.37. The molecule has 0 aliphatic carbocycles. The molecule has 1 aromatic carbocycles. The van der Waals surface area contributed by atoms with E-state index < -0.39 is 28.9 Å². The summed E-state index contributed by atoms with van der Waals surface area (Å²) in [6, 6.07) is 1.70. The largest absolute Gasteiger partial charge is 0.480 e. The molecule has 148 valence electrons. The summed E-state index contributed by atoms with van der Waals surface area (Å²) >= 11 is 0. The second kappa shape index (κ2) is 8.56. The number of nitrogens with zero attached hydrogens (tertiary/aromatic N) is 1. The van der Waals surface area contributed by atoms with Crippen molar-refractivity contribution in [2.24, 2.45) is 5.92 Å². The van der Waals surface area contributed by atoms with Gasteiger partial charge in [0.1, 0.15) is 12.6 Å². The van der Waals surface area contributed by atoms with E-state index in [4.69, 9.17) is 14.2 Å². The minimum atomic E-state index is -1.15. The quantitative estimate of drug-likeness (QED) is 0.517. The van der Waals surface area contributed by atoms with Gasteiger partial charge in [-0.3, -0.25) is 10.1 Å². The van der Waals surface area contributed by atoms with Crippen LogP contribution in [-0.4, -0.2) is 41.5 Å². The first-order valence-corrected chi connectivity index (χ1v) is 8.48. The Morgan fingerprint density at radius 1 is 1.33 bits per heavy atom. The first-order chi connectivity index (χ1) is 12.7. The number of carboxylic acids is 1. The Bertz CT molecular complexity index is 736. The lowest BCUT2D eigenvalue weighted by Crippen LogP contribution is -2.45. The lowest BCUT2D eigenvalue weighted by atomic mass is 9.99. The highest BCUT2D eigenvalue weighted by molar-refractivity contribution is 5.80. The highest BCUT2D eigenvalue weighted by Crippen LogP contribution is 2.40. The number of fused-ring (bicyclic) bond motifs is 1. The molecular formula is C17H22N2O8. The van der Waals surface area contributed by atoms with Crippen LogP contribution < -0.4 is 14.8 Å². The number of nitrogens with one attached hydrogen (secondary N) is 1. The van der Waals surface area contributed by atoms with Crippen molar-refractivity contribution in [3.63, 3.8) is 0 Å². The standard InChI is InChI=1S/C17H22N2O8/c1-4-9(2)15(16(20)21)18-17(22)25-7-10(3)11-5-13-14(27-8-26-13)6-12(11)19(23)24/h5-6,9-10,15H,4,7-8H2,1-3H3,(H,18,22)(H,20,21)/t9-,10?,15-/m0/s1. The van der Waals surface area contributed by atoms with Gasteiger partial charge in [0, 0.05) is 11.5 Å². The molecule has 0 aromatic heterocycles. The van der Waals surface area contributed by atoms with Crippen LogP contribution in [0.25, 0.3) is 0 Å². The van der Waals surface area contributed by atoms with Crippen LogP contribution in [0.3, 0.4) is 0 Å². The molecule has 1 aliphatic heterocycles. The van der Waals surface area contributed by atoms with Crippen molar-refractivity contribution >= 4 is 17.7 Å². The molecule has 2 N–H and O–H groups in total. The Labute approximate surface area is 155 Å². The number of nitro benzene ring substituents is 1. The van der Waals surface area contributed by atoms with Gasteiger partial charge < -0.3 is 24.6 Å². The number of amides is 1. The normalized spacial score (nSPS) is 15.5. The number of aliphatic carboxylic acids is 1. The molecule has 1 unspecified atom stereocenters. The van der Waals surface area contributed by atoms with Crippen molar-refractivity contribution in [3.8, 4) is 11.5 Å². The summed E-state index contributed by atoms with van der Waals surface area (Å²) in [6.45, 7) is 4.99. The number of nitro groups is 1. The number of alkyl carbamates (subject to hydrolysis) is 1. The number of hydrogen-bond donors (Lipinski definition) is 2. The van der Waals surface area contributed by atoms with E-state index in [1.807, 2.05) is 6.92 Å². The predicted molar refractivity (Wildman–Crippen MR) is 93.0 cm³/mol. The van der Waals surface area contributed by atoms with Gasteiger partial charge in [-0.2, -0.15) is 0 Å². The van der Waals surface area contributed by atoms with Crippen LogP contribution in [0.2, 0.25) is 0 Å². The van der Waals surface area contributed by atoms with Gasteiger partial charge in [0.2, 0.25) is 6.79 Å². The van der Waals surface area contributed by atoms with E-state index in [1.165, 1.54) is 12.1 Å². The van der Waals surface area contributed by atoms with E-state index in [0.29, 0.717) is 17.7 Å². The lowest BCUT2D eigenvalue weighted by molar-refractivity contribution is -0.385. The number of ether oxygens (including phenoxy) is 3. The van der Waals surface area contributed by atoms with E-state index >= 15 is 0 Å². The summed E-state index contributed by atoms with van der Waals surface area (Å²) in [6.07, 6.45) is -0.324. The number of hydrogen-bond acceptors (Lipinski definition) is 7. The summed E-state index contributed by atoms with van der Waals surface area (Å²) in [5.74, 6) is -1.27. The summed E-state index contributed by atoms with van der Waals surface area (Å²) in [4.78, 5) is 34.0. The van der Waals surface area contributed by atoms with Gasteiger partial charge in [0.25, 0.3) is 5.69 Å². The van der Waals surface area contributed by atoms with Gasteiger partial charge in [-0.25, -0.2) is 9.59 Å². The maximum absolute atomic E-state index is 11.9. The maximum Gasteiger partial charge on any atom is 0.407 e. The Balaban J connectivity index is 2.05. The fraction of sp³-hybridized carbons (Fsp3) is 0.529. The molecule has 0 radical (unpaired) electrons. The molecule has 0 saturated carbocycles. The first-order valence-electron chi connectivity index (χ1n) is 8.48. The fourth-order valence-corrected chi connectivity index (χ4v) is 2.64. The van der Waals surface area contributed by atoms with E-state index in [2.05, 4.69) is 5.32 Å². The maximum atomic E-state index is 11.9. The highest BCUT2D eigenvalue weighted by atomic mass is 16.7. The minimum absolute atomic E-state index is 0.0184. The Morgan fingerprint density at radius 3 is 2.52 bits per heavy atom. The van der Waals surface area contributed by atoms with Crippen molar-refractivity contribution in [1.29, 1.82) is 0 Å². The topological polar surface area (TPSA) is 137 Å². The SMILES string of the molecule is CC[C@H](C)[C@H](NC(=O)OCC(C)c1cc2c(cc1[N+](=O)[O-])OCO2)C(=O)O. The van der Waals surface area contributed by atoms with Gasteiger partial charge in [0.05, 0.1) is 11.0 Å². The van der Waals surface area contributed by atoms with Crippen LogP contribution in [-0.2, 0) is 9.53 Å². The van der Waals surface area contributed by atoms with Gasteiger partial charge in [-0.1, -0.05) is 27.2 Å². The second-order valence-corrected chi connectivity index (χ2v) is 6.37. The zero-order valence-corrected chi connectivity index (χ0v) is 15.3. The molecular weight excluding hydrogens is 360 g/mol. The van der Waals surface area contributed by atoms with Crippen LogP contribution in [0, 0.1) is 16.0 Å². The molecule has 1 heterocycles. The van der Waals surface area contributed by atoms with Crippen molar-refractivity contribution in [2.45, 2.75) is 39.2 Å². The van der Waals surface area contributed by atoms with Crippen molar-refractivity contribution in [3.05, 3.63) is 27.8 Å². The zero-order chi connectivity index (χ0) is 20.1. The van der Waals surface area contributed by atoms with E-state index in [1.54, 1.807) is 13.8 Å². The highest BCUT2D eigenvalue weighted by Gasteiger charge is 2.28. The fourth-order valence-electron chi connectivity index (χ4n) is 2.64. The number of carbonyl (C=O) groups excluding carboxylic acids is 1. The Hall–Kier alpha value is -3.04. The van der Waals surface area contributed by atoms with Crippen molar-refractivity contribution < 1.29 is 33.8 Å². The Kier molecular flexibility index (Phi) is 6.43. The summed E-state index contributed by atoms with van der Waals surface area (Å²) in [7, 11) is 0. The average molecular weight is 382 g/mol. The van der Waals surface area contributed by atoms with Gasteiger partial charge in [-0.05, 0) is 12.0 Å². The molecule has 3 atom stereocenters. The van der Waals surface area contributed by atoms with E-state index in [9.17, 15) is 24.8 Å². The van der Waals surface area contributed by atoms with Crippen molar-refractivity contribution in [1.82, 2.24) is 5.32 Å². The average Bonchev–Trinajstić information content (AvgIpc) is 3.09. The molecule has 0 bridgehead atoms. The first kappa shape index (κ1) is 20.3. The monoisotopic (exact) mass is 382 g/mol. The molecule has 10 nitrogen and oxygen atoms in total. The number of carbonyl (C=O) groups is 2. The molecule has 1 aromatic rings. The Morgan fingerprint density at radius 2 is 1.96 bits per heavy atom. The predicted octanol–water partition coefficient (Wildman–Crippen LogP) is 2.65. The van der Waals surface area contributed by atoms with Crippen LogP contribution in [0.5, 0.6) is 11.5 Å². The third kappa shape index (κ3) is 4.78. The van der Waals surface area contributed by atoms with Crippen molar-refractivity contribution in [2.75, 3.05) is 13.4 Å². The van der Waals surface area contributed by atoms with Crippen LogP contribution in [0.4, 0.5) is 10.5 Å². The number of benzene rings is 1. The molecule has 0 saturated heterocycles. The molecule has 0 fully saturated rings. The summed E-state index contributed by atoms with van der Waals surface area (Å²) in [5.41, 5.74) is 0.160. The van der Waals surface area contributed by atoms with Crippen LogP contribution in [0.15, 0.2) is 12.1 Å². The third-order valence-corrected chi connectivity index (χ3v) is 4.47. The van der Waals surface area contributed by atoms with Gasteiger partial charge >= 0.3 is 12.1 Å². The smallest absolute Gasteiger partial charge is 0.407 e. The third-order valence-electron chi connectivity index (χ3n) is 4.47. The lowest BCUT2D eigenvalue weighted by Gasteiger charge is -2.20. The molecule has 1 aliphatic rings. The van der Waals surface area contributed by atoms with Gasteiger partial charge in [0.15, 0.2) is 11.5 Å². The molecule has 0 spiro atoms. The van der Waals surface area contributed by atoms with E-state index in [0.717, 1.165) is 0 Å². The summed E-state index contributed by atoms with van der Waals surface area (Å²) < 4.78 is 15.5.